The van der Waals surface area contributed by atoms with Crippen molar-refractivity contribution in [1.29, 1.82) is 0 Å². The number of nitrogens with one attached hydrogen (secondary N) is 4. The number of carbonyl (C=O) groups excluding carboxylic acids is 3. The van der Waals surface area contributed by atoms with Gasteiger partial charge in [0.25, 0.3) is 11.8 Å². The molecule has 84 heavy (non-hydrogen) atoms. The Bertz CT molecular complexity index is 4340. The largest absolute Gasteiger partial charge is 1.00 e. The third-order valence-corrected chi connectivity index (χ3v) is 16.5. The average molecular weight is 1320 g/mol. The summed E-state index contributed by atoms with van der Waals surface area (Å²) < 4.78 is 220. The Morgan fingerprint density at radius 1 is 0.310 bits per heavy atom. The molecule has 4 amide bonds. The van der Waals surface area contributed by atoms with Gasteiger partial charge in [0, 0.05) is 43.8 Å². The summed E-state index contributed by atoms with van der Waals surface area (Å²) in [5.41, 5.74) is -0.840. The zero-order valence-electron chi connectivity index (χ0n) is 44.4. The van der Waals surface area contributed by atoms with Crippen LogP contribution in [0.2, 0.25) is 0 Å². The van der Waals surface area contributed by atoms with Crippen LogP contribution in [0.5, 0.6) is 0 Å². The molecule has 0 aromatic heterocycles. The van der Waals surface area contributed by atoms with Crippen LogP contribution in [0, 0.1) is 0 Å². The molecule has 37 heteroatoms. The molecular formula is C47H28N4Na6O21S6. The van der Waals surface area contributed by atoms with Crippen molar-refractivity contribution in [3.63, 3.8) is 0 Å². The van der Waals surface area contributed by atoms with Gasteiger partial charge in [-0.25, -0.2) is 55.3 Å². The molecule has 0 saturated heterocycles. The topological polar surface area (TPSA) is 443 Å². The van der Waals surface area contributed by atoms with Gasteiger partial charge in [0.1, 0.15) is 60.7 Å². The summed E-state index contributed by atoms with van der Waals surface area (Å²) in [5, 5.41) is 5.77. The SMILES string of the molecule is O=C(Nc1cc(C(=O)Nc2ccc(S(=O)(=O)[O-])c3cc(S(=O)(=O)[O-])cc(S(=O)(=O)[O-])c23)ccc1-c1ccccc1)Nc1cc(C(=O)Nc2ccc(S(=O)(=O)[O-])c3cc(S(=O)(=O)[O-])cc(S(=O)(=O)[O-])c23)ccc1-c1ccccc1.[Na+].[Na+].[Na+].[Na+].[Na+].[Na+]. The second-order valence-corrected chi connectivity index (χ2v) is 24.5. The van der Waals surface area contributed by atoms with Gasteiger partial charge in [0.15, 0.2) is 0 Å². The number of hydrogen-bond donors (Lipinski definition) is 4. The summed E-state index contributed by atoms with van der Waals surface area (Å²) in [6.45, 7) is 0. The molecule has 0 aliphatic carbocycles. The predicted molar refractivity (Wildman–Crippen MR) is 268 cm³/mol. The maximum atomic E-state index is 14.2. The van der Waals surface area contributed by atoms with E-state index >= 15 is 0 Å². The second kappa shape index (κ2) is 30.2. The molecule has 0 fully saturated rings. The molecule has 0 radical (unpaired) electrons. The molecule has 0 spiro atoms. The minimum Gasteiger partial charge on any atom is -0.744 e. The van der Waals surface area contributed by atoms with Gasteiger partial charge < -0.3 is 48.6 Å². The van der Waals surface area contributed by atoms with Gasteiger partial charge in [-0.15, -0.1) is 0 Å². The van der Waals surface area contributed by atoms with Crippen LogP contribution in [0.1, 0.15) is 20.7 Å². The van der Waals surface area contributed by atoms with Crippen molar-refractivity contribution in [3.8, 4) is 22.3 Å². The summed E-state index contributed by atoms with van der Waals surface area (Å²) in [6, 6.07) is 26.1. The van der Waals surface area contributed by atoms with Crippen LogP contribution in [0.4, 0.5) is 27.5 Å². The number of hydrogen-bond acceptors (Lipinski definition) is 21. The molecular weight excluding hydrogens is 1290 g/mol. The third-order valence-electron chi connectivity index (χ3n) is 11.4. The van der Waals surface area contributed by atoms with E-state index in [1.54, 1.807) is 60.7 Å². The fraction of sp³-hybridized carbons (Fsp3) is 0. The third kappa shape index (κ3) is 18.1. The summed E-state index contributed by atoms with van der Waals surface area (Å²) >= 11 is 0. The maximum absolute atomic E-state index is 14.2. The van der Waals surface area contributed by atoms with Gasteiger partial charge in [-0.05, 0) is 83.9 Å². The smallest absolute Gasteiger partial charge is 0.744 e. The molecule has 0 unspecified atom stereocenters. The van der Waals surface area contributed by atoms with Gasteiger partial charge in [-0.3, -0.25) is 9.59 Å². The van der Waals surface area contributed by atoms with E-state index in [1.165, 1.54) is 24.3 Å². The normalized spacial score (nSPS) is 11.6. The standard InChI is InChI=1S/C47H34N4O21S6.6Na/c52-45(48-35-15-17-39(75(61,62)63)33-21-29(73(55,56)57)23-41(43(33)35)77(67,68)69)27-11-13-31(25-7-3-1-4-8-25)37(19-27)50-47(54)51-38-20-28(12-14-32(38)26-9-5-2-6-10-26)46(53)49-36-16-18-40(76(64,65)66)34-22-30(74(58,59)60)24-42(44(34)36)78(70,71)72;;;;;;/h1-24H,(H,48,52)(H,49,53)(H2,50,51,54)(H,55,56,57)(H,58,59,60)(H,61,62,63)(H,64,65,66)(H,67,68,69)(H,70,71,72);;;;;;/q;6*+1/p-6. The molecule has 0 heterocycles. The van der Waals surface area contributed by atoms with Gasteiger partial charge in [-0.1, -0.05) is 72.8 Å². The van der Waals surface area contributed by atoms with Crippen LogP contribution in [0.3, 0.4) is 0 Å². The fourth-order valence-electron chi connectivity index (χ4n) is 8.10. The molecule has 25 nitrogen and oxygen atoms in total. The summed E-state index contributed by atoms with van der Waals surface area (Å²) in [4.78, 5) is 34.0. The first-order valence-electron chi connectivity index (χ1n) is 21.3. The predicted octanol–water partition coefficient (Wildman–Crippen LogP) is -13.1. The number of amides is 4. The van der Waals surface area contributed by atoms with Crippen molar-refractivity contribution in [2.75, 3.05) is 21.3 Å². The quantitative estimate of drug-likeness (QED) is 0.0580. The molecule has 0 aliphatic rings. The van der Waals surface area contributed by atoms with Crippen LogP contribution in [-0.2, 0) is 60.7 Å². The van der Waals surface area contributed by atoms with E-state index in [4.69, 9.17) is 0 Å². The van der Waals surface area contributed by atoms with E-state index in [0.717, 1.165) is 24.3 Å². The van der Waals surface area contributed by atoms with Crippen LogP contribution < -0.4 is 199 Å². The Balaban J connectivity index is 0.00000401. The molecule has 0 atom stereocenters. The van der Waals surface area contributed by atoms with Crippen LogP contribution in [0.25, 0.3) is 43.8 Å². The monoisotopic (exact) mass is 1310 g/mol. The van der Waals surface area contributed by atoms with Crippen molar-refractivity contribution in [2.24, 2.45) is 0 Å². The molecule has 8 rings (SSSR count). The van der Waals surface area contributed by atoms with Crippen LogP contribution in [-0.4, -0.2) is 95.7 Å². The van der Waals surface area contributed by atoms with E-state index in [1.807, 2.05) is 0 Å². The molecule has 0 saturated carbocycles. The number of anilines is 4. The van der Waals surface area contributed by atoms with E-state index in [0.29, 0.717) is 35.4 Å². The number of benzene rings is 8. The van der Waals surface area contributed by atoms with E-state index in [9.17, 15) is 92.2 Å². The Morgan fingerprint density at radius 2 is 0.619 bits per heavy atom. The van der Waals surface area contributed by atoms with Crippen LogP contribution in [0.15, 0.2) is 175 Å². The van der Waals surface area contributed by atoms with Crippen molar-refractivity contribution in [1.82, 2.24) is 0 Å². The van der Waals surface area contributed by atoms with E-state index in [-0.39, 0.29) is 223 Å². The Kier molecular flexibility index (Phi) is 28.0. The zero-order chi connectivity index (χ0) is 57.1. The maximum Gasteiger partial charge on any atom is 1.00 e. The summed E-state index contributed by atoms with van der Waals surface area (Å²) in [7, 11) is -34.0. The van der Waals surface area contributed by atoms with Gasteiger partial charge in [-0.2, -0.15) is 0 Å². The van der Waals surface area contributed by atoms with E-state index < -0.39 is 141 Å². The van der Waals surface area contributed by atoms with Crippen LogP contribution >= 0.6 is 0 Å². The molecule has 0 aliphatic heterocycles. The minimum atomic E-state index is -5.81. The Hall–Kier alpha value is -2.05. The van der Waals surface area contributed by atoms with E-state index in [2.05, 4.69) is 21.3 Å². The number of carbonyl (C=O) groups is 3. The molecule has 0 bridgehead atoms. The molecule has 8 aromatic rings. The molecule has 404 valence electrons. The number of urea groups is 1. The minimum absolute atomic E-state index is 0. The van der Waals surface area contributed by atoms with Crippen molar-refractivity contribution in [3.05, 3.63) is 157 Å². The summed E-state index contributed by atoms with van der Waals surface area (Å²) in [5.74, 6) is -2.30. The summed E-state index contributed by atoms with van der Waals surface area (Å²) in [6.07, 6.45) is 0. The number of rotatable bonds is 14. The first-order valence-corrected chi connectivity index (χ1v) is 29.7. The van der Waals surface area contributed by atoms with Crippen molar-refractivity contribution < 1.29 is 270 Å². The van der Waals surface area contributed by atoms with Crippen molar-refractivity contribution in [2.45, 2.75) is 29.4 Å². The average Bonchev–Trinajstić information content (AvgIpc) is 3.41. The van der Waals surface area contributed by atoms with Gasteiger partial charge >= 0.3 is 183 Å². The molecule has 4 N–H and O–H groups in total. The first kappa shape index (κ1) is 78.0. The fourth-order valence-corrected chi connectivity index (χ4v) is 12.1. The second-order valence-electron chi connectivity index (χ2n) is 16.4. The van der Waals surface area contributed by atoms with Gasteiger partial charge in [0.05, 0.1) is 52.1 Å². The van der Waals surface area contributed by atoms with Crippen molar-refractivity contribution >= 4 is 123 Å². The number of fused-ring (bicyclic) bond motifs is 2. The Morgan fingerprint density at radius 3 is 0.905 bits per heavy atom. The first-order chi connectivity index (χ1) is 36.2. The Labute approximate surface area is 612 Å². The zero-order valence-corrected chi connectivity index (χ0v) is 61.3. The molecule has 8 aromatic carbocycles. The van der Waals surface area contributed by atoms with Gasteiger partial charge in [0.2, 0.25) is 0 Å².